The third-order valence-corrected chi connectivity index (χ3v) is 2.76. The highest BCUT2D eigenvalue weighted by Crippen LogP contribution is 2.07. The molecule has 0 atom stereocenters. The fraction of sp³-hybridized carbons (Fsp3) is 0.727. The van der Waals surface area contributed by atoms with Crippen molar-refractivity contribution in [3.8, 4) is 0 Å². The zero-order valence-corrected chi connectivity index (χ0v) is 10.7. The minimum Gasteiger partial charge on any atom is -0.356 e. The van der Waals surface area contributed by atoms with E-state index >= 15 is 0 Å². The summed E-state index contributed by atoms with van der Waals surface area (Å²) in [6.07, 6.45) is 2.33. The van der Waals surface area contributed by atoms with Crippen LogP contribution in [0.2, 0.25) is 0 Å². The van der Waals surface area contributed by atoms with Gasteiger partial charge in [0, 0.05) is 25.6 Å². The minimum absolute atomic E-state index is 0.0128. The van der Waals surface area contributed by atoms with Crippen LogP contribution in [0.1, 0.15) is 39.5 Å². The quantitative estimate of drug-likeness (QED) is 0.520. The van der Waals surface area contributed by atoms with Crippen LogP contribution >= 0.6 is 11.8 Å². The molecule has 0 aromatic heterocycles. The summed E-state index contributed by atoms with van der Waals surface area (Å²) in [5, 5.41) is 2.49. The van der Waals surface area contributed by atoms with Crippen LogP contribution in [0.4, 0.5) is 0 Å². The summed E-state index contributed by atoms with van der Waals surface area (Å²) in [6.45, 7) is 3.91. The molecule has 16 heavy (non-hydrogen) atoms. The highest BCUT2D eigenvalue weighted by Gasteiger charge is 2.09. The Balaban J connectivity index is 3.50. The van der Waals surface area contributed by atoms with Crippen molar-refractivity contribution in [1.29, 1.82) is 0 Å². The van der Waals surface area contributed by atoms with Crippen LogP contribution < -0.4 is 5.32 Å². The van der Waals surface area contributed by atoms with Gasteiger partial charge in [0.2, 0.25) is 5.91 Å². The fourth-order valence-electron chi connectivity index (χ4n) is 1.07. The van der Waals surface area contributed by atoms with Crippen molar-refractivity contribution in [2.45, 2.75) is 39.5 Å². The van der Waals surface area contributed by atoms with E-state index in [0.717, 1.165) is 24.6 Å². The van der Waals surface area contributed by atoms with Crippen LogP contribution in [0.25, 0.3) is 0 Å². The van der Waals surface area contributed by atoms with Crippen molar-refractivity contribution in [3.05, 3.63) is 0 Å². The molecular weight excluding hydrogens is 226 g/mol. The zero-order chi connectivity index (χ0) is 12.4. The van der Waals surface area contributed by atoms with Crippen molar-refractivity contribution < 1.29 is 14.4 Å². The van der Waals surface area contributed by atoms with Gasteiger partial charge in [0.1, 0.15) is 5.78 Å². The average molecular weight is 245 g/mol. The molecule has 4 nitrogen and oxygen atoms in total. The van der Waals surface area contributed by atoms with Gasteiger partial charge in [-0.05, 0) is 6.42 Å². The lowest BCUT2D eigenvalue weighted by molar-refractivity contribution is -0.123. The van der Waals surface area contributed by atoms with Gasteiger partial charge in [0.15, 0.2) is 5.12 Å². The van der Waals surface area contributed by atoms with E-state index in [1.54, 1.807) is 0 Å². The van der Waals surface area contributed by atoms with Crippen molar-refractivity contribution in [3.63, 3.8) is 0 Å². The first-order valence-corrected chi connectivity index (χ1v) is 6.46. The van der Waals surface area contributed by atoms with E-state index in [2.05, 4.69) is 5.32 Å². The topological polar surface area (TPSA) is 63.2 Å². The molecule has 0 saturated carbocycles. The standard InChI is InChI=1S/C11H19NO3S/c1-3-4-5-10(14)8-11(15)16-7-6-12-9(2)13/h3-8H2,1-2H3,(H,12,13). The fourth-order valence-corrected chi connectivity index (χ4v) is 1.76. The number of hydrogen-bond acceptors (Lipinski definition) is 4. The number of nitrogens with one attached hydrogen (secondary N) is 1. The lowest BCUT2D eigenvalue weighted by Gasteiger charge is -2.01. The van der Waals surface area contributed by atoms with Crippen molar-refractivity contribution in [2.24, 2.45) is 0 Å². The Morgan fingerprint density at radius 3 is 2.50 bits per heavy atom. The maximum Gasteiger partial charge on any atom is 0.216 e. The van der Waals surface area contributed by atoms with E-state index in [1.807, 2.05) is 6.92 Å². The number of amides is 1. The lowest BCUT2D eigenvalue weighted by Crippen LogP contribution is -2.22. The summed E-state index contributed by atoms with van der Waals surface area (Å²) < 4.78 is 0. The number of Topliss-reactive ketones (excluding diaryl/α,β-unsaturated/α-hetero) is 1. The van der Waals surface area contributed by atoms with Crippen LogP contribution in [0.3, 0.4) is 0 Å². The summed E-state index contributed by atoms with van der Waals surface area (Å²) in [5.41, 5.74) is 0. The van der Waals surface area contributed by atoms with E-state index in [-0.39, 0.29) is 23.2 Å². The molecule has 0 aliphatic carbocycles. The van der Waals surface area contributed by atoms with Crippen molar-refractivity contribution in [1.82, 2.24) is 5.32 Å². The van der Waals surface area contributed by atoms with Crippen LogP contribution in [0, 0.1) is 0 Å². The van der Waals surface area contributed by atoms with Gasteiger partial charge in [-0.25, -0.2) is 0 Å². The molecule has 0 aliphatic rings. The average Bonchev–Trinajstić information content (AvgIpc) is 2.21. The molecule has 92 valence electrons. The van der Waals surface area contributed by atoms with E-state index < -0.39 is 0 Å². The molecule has 0 bridgehead atoms. The normalized spacial score (nSPS) is 9.88. The van der Waals surface area contributed by atoms with E-state index in [0.29, 0.717) is 18.7 Å². The predicted octanol–water partition coefficient (Wildman–Crippen LogP) is 1.53. The second kappa shape index (κ2) is 9.39. The summed E-state index contributed by atoms with van der Waals surface area (Å²) in [5.74, 6) is 0.436. The van der Waals surface area contributed by atoms with Crippen molar-refractivity contribution in [2.75, 3.05) is 12.3 Å². The number of carbonyl (C=O) groups is 3. The molecular formula is C11H19NO3S. The molecule has 0 aliphatic heterocycles. The van der Waals surface area contributed by atoms with Gasteiger partial charge in [0.25, 0.3) is 0 Å². The predicted molar refractivity (Wildman–Crippen MR) is 65.3 cm³/mol. The van der Waals surface area contributed by atoms with Gasteiger partial charge >= 0.3 is 0 Å². The first kappa shape index (κ1) is 15.2. The minimum atomic E-state index is -0.105. The molecule has 0 spiro atoms. The Hall–Kier alpha value is -0.840. The highest BCUT2D eigenvalue weighted by molar-refractivity contribution is 8.13. The molecule has 0 aromatic carbocycles. The molecule has 0 fully saturated rings. The van der Waals surface area contributed by atoms with Gasteiger partial charge in [-0.15, -0.1) is 0 Å². The second-order valence-electron chi connectivity index (χ2n) is 3.52. The Morgan fingerprint density at radius 1 is 1.25 bits per heavy atom. The molecule has 1 N–H and O–H groups in total. The third kappa shape index (κ3) is 9.71. The van der Waals surface area contributed by atoms with Crippen LogP contribution in [0.15, 0.2) is 0 Å². The number of hydrogen-bond donors (Lipinski definition) is 1. The smallest absolute Gasteiger partial charge is 0.216 e. The SMILES string of the molecule is CCCCC(=O)CC(=O)SCCNC(C)=O. The number of carbonyl (C=O) groups excluding carboxylic acids is 3. The van der Waals surface area contributed by atoms with Gasteiger partial charge in [0.05, 0.1) is 6.42 Å². The van der Waals surface area contributed by atoms with Gasteiger partial charge in [-0.3, -0.25) is 14.4 Å². The lowest BCUT2D eigenvalue weighted by atomic mass is 10.1. The highest BCUT2D eigenvalue weighted by atomic mass is 32.2. The number of unbranched alkanes of at least 4 members (excludes halogenated alkanes) is 1. The molecule has 0 saturated heterocycles. The first-order valence-electron chi connectivity index (χ1n) is 5.48. The van der Waals surface area contributed by atoms with Crippen LogP contribution in [0.5, 0.6) is 0 Å². The Bertz CT molecular complexity index is 254. The van der Waals surface area contributed by atoms with E-state index in [4.69, 9.17) is 0 Å². The molecule has 0 radical (unpaired) electrons. The zero-order valence-electron chi connectivity index (χ0n) is 9.88. The third-order valence-electron chi connectivity index (χ3n) is 1.89. The Labute approximate surface area is 101 Å². The summed E-state index contributed by atoms with van der Waals surface area (Å²) in [6, 6.07) is 0. The monoisotopic (exact) mass is 245 g/mol. The molecule has 0 unspecified atom stereocenters. The molecule has 0 aromatic rings. The number of thioether (sulfide) groups is 1. The Morgan fingerprint density at radius 2 is 1.94 bits per heavy atom. The van der Waals surface area contributed by atoms with Gasteiger partial charge in [-0.2, -0.15) is 0 Å². The maximum atomic E-state index is 11.3. The van der Waals surface area contributed by atoms with E-state index in [9.17, 15) is 14.4 Å². The van der Waals surface area contributed by atoms with Crippen LogP contribution in [-0.2, 0) is 14.4 Å². The Kier molecular flexibility index (Phi) is 8.90. The van der Waals surface area contributed by atoms with E-state index in [1.165, 1.54) is 6.92 Å². The van der Waals surface area contributed by atoms with Gasteiger partial charge < -0.3 is 5.32 Å². The number of ketones is 1. The number of rotatable bonds is 8. The summed E-state index contributed by atoms with van der Waals surface area (Å²) >= 11 is 1.11. The van der Waals surface area contributed by atoms with Gasteiger partial charge in [-0.1, -0.05) is 25.1 Å². The second-order valence-corrected chi connectivity index (χ2v) is 4.67. The molecule has 5 heteroatoms. The van der Waals surface area contributed by atoms with Crippen LogP contribution in [-0.4, -0.2) is 29.1 Å². The molecule has 1 amide bonds. The first-order chi connectivity index (χ1) is 7.56. The summed E-state index contributed by atoms with van der Waals surface area (Å²) in [7, 11) is 0. The largest absolute Gasteiger partial charge is 0.356 e. The molecule has 0 rings (SSSR count). The summed E-state index contributed by atoms with van der Waals surface area (Å²) in [4.78, 5) is 33.1. The maximum absolute atomic E-state index is 11.3. The van der Waals surface area contributed by atoms with Crippen molar-refractivity contribution >= 4 is 28.6 Å². The molecule has 0 heterocycles.